The number of fused-ring (bicyclic) bond motifs is 1. The van der Waals surface area contributed by atoms with Crippen LogP contribution in [0.2, 0.25) is 5.15 Å². The van der Waals surface area contributed by atoms with Crippen LogP contribution in [0.4, 0.5) is 0 Å². The van der Waals surface area contributed by atoms with E-state index in [9.17, 15) is 9.90 Å². The summed E-state index contributed by atoms with van der Waals surface area (Å²) in [6.07, 6.45) is 8.92. The van der Waals surface area contributed by atoms with Crippen LogP contribution in [0.1, 0.15) is 36.0 Å². The number of carbonyl (C=O) groups is 1. The molecule has 0 spiro atoms. The first-order valence-electron chi connectivity index (χ1n) is 8.41. The zero-order valence-electron chi connectivity index (χ0n) is 13.8. The molecule has 0 bridgehead atoms. The quantitative estimate of drug-likeness (QED) is 0.727. The van der Waals surface area contributed by atoms with Crippen LogP contribution >= 0.6 is 11.6 Å². The highest BCUT2D eigenvalue weighted by atomic mass is 35.5. The van der Waals surface area contributed by atoms with Crippen LogP contribution in [0.25, 0.3) is 16.9 Å². The molecule has 0 radical (unpaired) electrons. The van der Waals surface area contributed by atoms with E-state index in [1.54, 1.807) is 18.5 Å². The average Bonchev–Trinajstić information content (AvgIpc) is 3.01. The fourth-order valence-electron chi connectivity index (χ4n) is 3.11. The summed E-state index contributed by atoms with van der Waals surface area (Å²) in [6.45, 7) is 0. The van der Waals surface area contributed by atoms with E-state index < -0.39 is 0 Å². The van der Waals surface area contributed by atoms with Crippen molar-refractivity contribution in [3.8, 4) is 5.95 Å². The fraction of sp³-hybridized carbons (Fsp3) is 0.353. The topological polar surface area (TPSA) is 106 Å². The lowest BCUT2D eigenvalue weighted by Gasteiger charge is -2.26. The Hall–Kier alpha value is -2.58. The highest BCUT2D eigenvalue weighted by Crippen LogP contribution is 2.23. The second kappa shape index (κ2) is 6.97. The maximum Gasteiger partial charge on any atom is 0.254 e. The van der Waals surface area contributed by atoms with Crippen LogP contribution in [-0.2, 0) is 0 Å². The van der Waals surface area contributed by atoms with Crippen LogP contribution in [-0.4, -0.2) is 47.9 Å². The fourth-order valence-corrected chi connectivity index (χ4v) is 3.35. The monoisotopic (exact) mass is 372 g/mol. The van der Waals surface area contributed by atoms with Gasteiger partial charge in [-0.2, -0.15) is 9.78 Å². The Morgan fingerprint density at radius 2 is 1.92 bits per heavy atom. The van der Waals surface area contributed by atoms with Crippen LogP contribution in [0.3, 0.4) is 0 Å². The number of hydrogen-bond acceptors (Lipinski definition) is 6. The second-order valence-corrected chi connectivity index (χ2v) is 6.70. The predicted octanol–water partition coefficient (Wildman–Crippen LogP) is 1.90. The third-order valence-corrected chi connectivity index (χ3v) is 4.84. The molecule has 0 aliphatic heterocycles. The molecule has 4 rings (SSSR count). The summed E-state index contributed by atoms with van der Waals surface area (Å²) in [5, 5.41) is 17.8. The first-order valence-corrected chi connectivity index (χ1v) is 8.79. The summed E-state index contributed by atoms with van der Waals surface area (Å²) in [6, 6.07) is 1.84. The molecule has 1 saturated carbocycles. The Morgan fingerprint density at radius 1 is 1.19 bits per heavy atom. The number of nitrogens with zero attached hydrogens (tertiary/aromatic N) is 5. The minimum atomic E-state index is -0.254. The molecule has 0 atom stereocenters. The van der Waals surface area contributed by atoms with E-state index in [1.807, 2.05) is 0 Å². The van der Waals surface area contributed by atoms with Gasteiger partial charge >= 0.3 is 0 Å². The molecule has 1 fully saturated rings. The number of pyridine rings is 1. The number of aliphatic hydroxyl groups is 1. The summed E-state index contributed by atoms with van der Waals surface area (Å²) in [5.74, 6) is 0.0928. The van der Waals surface area contributed by atoms with Crippen molar-refractivity contribution in [2.45, 2.75) is 37.8 Å². The van der Waals surface area contributed by atoms with E-state index in [0.29, 0.717) is 35.0 Å². The average molecular weight is 373 g/mol. The van der Waals surface area contributed by atoms with Crippen molar-refractivity contribution < 1.29 is 9.90 Å². The van der Waals surface area contributed by atoms with Crippen molar-refractivity contribution in [2.24, 2.45) is 0 Å². The van der Waals surface area contributed by atoms with Gasteiger partial charge in [0.15, 0.2) is 5.15 Å². The maximum absolute atomic E-state index is 12.4. The van der Waals surface area contributed by atoms with Gasteiger partial charge in [-0.3, -0.25) is 9.78 Å². The molecule has 26 heavy (non-hydrogen) atoms. The van der Waals surface area contributed by atoms with Gasteiger partial charge < -0.3 is 10.4 Å². The Kier molecular flexibility index (Phi) is 4.52. The SMILES string of the molecule is O=C(NC1CCC(O)CC1)c1cnc(-n2nc(Cl)c3ccncc32)nc1. The molecule has 9 heteroatoms. The van der Waals surface area contributed by atoms with Gasteiger partial charge in [0, 0.05) is 30.0 Å². The van der Waals surface area contributed by atoms with E-state index in [0.717, 1.165) is 18.2 Å². The number of hydrogen-bond donors (Lipinski definition) is 2. The van der Waals surface area contributed by atoms with Gasteiger partial charge in [-0.05, 0) is 31.7 Å². The summed E-state index contributed by atoms with van der Waals surface area (Å²) in [5.41, 5.74) is 1.07. The third kappa shape index (κ3) is 3.25. The molecule has 0 saturated heterocycles. The molecule has 1 aliphatic carbocycles. The number of carbonyl (C=O) groups excluding carboxylic acids is 1. The van der Waals surface area contributed by atoms with Gasteiger partial charge in [0.1, 0.15) is 0 Å². The van der Waals surface area contributed by atoms with E-state index in [1.165, 1.54) is 17.1 Å². The van der Waals surface area contributed by atoms with Crippen molar-refractivity contribution >= 4 is 28.4 Å². The van der Waals surface area contributed by atoms with E-state index in [4.69, 9.17) is 11.6 Å². The van der Waals surface area contributed by atoms with Crippen molar-refractivity contribution in [3.63, 3.8) is 0 Å². The van der Waals surface area contributed by atoms with Gasteiger partial charge in [-0.25, -0.2) is 9.97 Å². The lowest BCUT2D eigenvalue weighted by molar-refractivity contribution is 0.0867. The number of amides is 1. The van der Waals surface area contributed by atoms with Crippen molar-refractivity contribution in [1.82, 2.24) is 30.0 Å². The van der Waals surface area contributed by atoms with Crippen LogP contribution in [0.15, 0.2) is 30.9 Å². The van der Waals surface area contributed by atoms with Gasteiger partial charge in [-0.15, -0.1) is 0 Å². The van der Waals surface area contributed by atoms with Gasteiger partial charge in [-0.1, -0.05) is 11.6 Å². The highest BCUT2D eigenvalue weighted by Gasteiger charge is 2.21. The summed E-state index contributed by atoms with van der Waals surface area (Å²) in [4.78, 5) is 24.9. The Bertz CT molecular complexity index is 934. The molecule has 3 aromatic rings. The lowest BCUT2D eigenvalue weighted by atomic mass is 9.93. The van der Waals surface area contributed by atoms with Crippen LogP contribution in [0.5, 0.6) is 0 Å². The number of aliphatic hydroxyl groups excluding tert-OH is 1. The van der Waals surface area contributed by atoms with Crippen molar-refractivity contribution in [1.29, 1.82) is 0 Å². The minimum absolute atomic E-state index is 0.0746. The number of aromatic nitrogens is 5. The summed E-state index contributed by atoms with van der Waals surface area (Å²) >= 11 is 6.13. The normalized spacial score (nSPS) is 20.2. The number of rotatable bonds is 3. The lowest BCUT2D eigenvalue weighted by Crippen LogP contribution is -2.38. The van der Waals surface area contributed by atoms with E-state index in [-0.39, 0.29) is 18.1 Å². The Balaban J connectivity index is 1.52. The molecule has 0 unspecified atom stereocenters. The molecule has 3 aromatic heterocycles. The van der Waals surface area contributed by atoms with Gasteiger partial charge in [0.25, 0.3) is 11.9 Å². The molecule has 2 N–H and O–H groups in total. The molecule has 1 amide bonds. The van der Waals surface area contributed by atoms with E-state index in [2.05, 4.69) is 25.4 Å². The number of halogens is 1. The van der Waals surface area contributed by atoms with Gasteiger partial charge in [0.2, 0.25) is 0 Å². The van der Waals surface area contributed by atoms with Crippen molar-refractivity contribution in [3.05, 3.63) is 41.6 Å². The zero-order valence-corrected chi connectivity index (χ0v) is 14.6. The summed E-state index contributed by atoms with van der Waals surface area (Å²) in [7, 11) is 0. The molecule has 3 heterocycles. The van der Waals surface area contributed by atoms with E-state index >= 15 is 0 Å². The molecule has 0 aromatic carbocycles. The molecule has 8 nitrogen and oxygen atoms in total. The smallest absolute Gasteiger partial charge is 0.254 e. The highest BCUT2D eigenvalue weighted by molar-refractivity contribution is 6.34. The van der Waals surface area contributed by atoms with Crippen LogP contribution in [0, 0.1) is 0 Å². The largest absolute Gasteiger partial charge is 0.393 e. The molecular formula is C17H17ClN6O2. The molecule has 1 aliphatic rings. The first-order chi connectivity index (χ1) is 12.6. The van der Waals surface area contributed by atoms with Gasteiger partial charge in [0.05, 0.1) is 23.4 Å². The molecular weight excluding hydrogens is 356 g/mol. The zero-order chi connectivity index (χ0) is 18.1. The van der Waals surface area contributed by atoms with Crippen molar-refractivity contribution in [2.75, 3.05) is 0 Å². The van der Waals surface area contributed by atoms with Crippen LogP contribution < -0.4 is 5.32 Å². The maximum atomic E-state index is 12.4. The third-order valence-electron chi connectivity index (χ3n) is 4.56. The number of nitrogens with one attached hydrogen (secondary N) is 1. The Labute approximate surface area is 154 Å². The summed E-state index contributed by atoms with van der Waals surface area (Å²) < 4.78 is 1.49. The minimum Gasteiger partial charge on any atom is -0.393 e. The first kappa shape index (κ1) is 16.9. The second-order valence-electron chi connectivity index (χ2n) is 6.35. The molecule has 134 valence electrons. The standard InChI is InChI=1S/C17H17ClN6O2/c18-15-13-5-6-19-9-14(13)24(23-15)17-20-7-10(8-21-17)16(26)22-11-1-3-12(25)4-2-11/h5-9,11-12,25H,1-4H2,(H,22,26). The Morgan fingerprint density at radius 3 is 2.65 bits per heavy atom. The predicted molar refractivity (Wildman–Crippen MR) is 95.2 cm³/mol.